The van der Waals surface area contributed by atoms with E-state index in [9.17, 15) is 14.3 Å². The molecule has 0 amide bonds. The first kappa shape index (κ1) is 20.6. The summed E-state index contributed by atoms with van der Waals surface area (Å²) in [5.74, 6) is -0.810. The van der Waals surface area contributed by atoms with Gasteiger partial charge in [0.25, 0.3) is 0 Å². The molecule has 0 bridgehead atoms. The largest absolute Gasteiger partial charge is 0.508 e. The van der Waals surface area contributed by atoms with E-state index in [0.29, 0.717) is 17.5 Å². The Hall–Kier alpha value is -1.72. The van der Waals surface area contributed by atoms with Crippen LogP contribution in [0.4, 0.5) is 4.39 Å². The topological polar surface area (TPSA) is 57.5 Å². The van der Waals surface area contributed by atoms with Gasteiger partial charge in [0.1, 0.15) is 11.6 Å². The number of benzene rings is 2. The molecule has 0 aliphatic carbocycles. The highest BCUT2D eigenvalue weighted by Crippen LogP contribution is 2.32. The minimum Gasteiger partial charge on any atom is -0.508 e. The van der Waals surface area contributed by atoms with Gasteiger partial charge in [0, 0.05) is 5.75 Å². The zero-order valence-electron chi connectivity index (χ0n) is 15.0. The van der Waals surface area contributed by atoms with Crippen molar-refractivity contribution in [2.45, 2.75) is 38.9 Å². The van der Waals surface area contributed by atoms with Crippen LogP contribution >= 0.6 is 23.4 Å². The van der Waals surface area contributed by atoms with E-state index >= 15 is 0 Å². The van der Waals surface area contributed by atoms with Crippen LogP contribution in [0.3, 0.4) is 0 Å². The molecular formula is C20H22ClFO3S. The molecule has 6 heteroatoms. The van der Waals surface area contributed by atoms with Gasteiger partial charge in [0.05, 0.1) is 10.8 Å². The predicted molar refractivity (Wildman–Crippen MR) is 105 cm³/mol. The van der Waals surface area contributed by atoms with Gasteiger partial charge >= 0.3 is 5.97 Å². The molecule has 26 heavy (non-hydrogen) atoms. The van der Waals surface area contributed by atoms with Gasteiger partial charge in [-0.1, -0.05) is 43.6 Å². The molecule has 140 valence electrons. The highest BCUT2D eigenvalue weighted by atomic mass is 35.5. The van der Waals surface area contributed by atoms with Crippen molar-refractivity contribution in [1.82, 2.24) is 0 Å². The van der Waals surface area contributed by atoms with E-state index in [1.165, 1.54) is 0 Å². The van der Waals surface area contributed by atoms with Crippen LogP contribution in [0.1, 0.15) is 47.6 Å². The number of carboxylic acids is 1. The summed E-state index contributed by atoms with van der Waals surface area (Å²) in [6.07, 6.45) is 0.462. The number of thioether (sulfide) groups is 1. The quantitative estimate of drug-likeness (QED) is 0.646. The van der Waals surface area contributed by atoms with Gasteiger partial charge in [-0.2, -0.15) is 0 Å². The normalized spacial score (nSPS) is 11.2. The zero-order valence-corrected chi connectivity index (χ0v) is 16.5. The van der Waals surface area contributed by atoms with Gasteiger partial charge in [0.2, 0.25) is 0 Å². The summed E-state index contributed by atoms with van der Waals surface area (Å²) in [7, 11) is 0. The number of hydrogen-bond acceptors (Lipinski definition) is 3. The Morgan fingerprint density at radius 3 is 2.62 bits per heavy atom. The number of aryl methyl sites for hydroxylation is 1. The van der Waals surface area contributed by atoms with E-state index in [1.54, 1.807) is 12.1 Å². The minimum absolute atomic E-state index is 0.0788. The van der Waals surface area contributed by atoms with Crippen molar-refractivity contribution < 1.29 is 19.4 Å². The maximum atomic E-state index is 14.6. The highest BCUT2D eigenvalue weighted by Gasteiger charge is 2.16. The Kier molecular flexibility index (Phi) is 6.95. The maximum absolute atomic E-state index is 14.6. The van der Waals surface area contributed by atoms with E-state index in [1.807, 2.05) is 32.9 Å². The average Bonchev–Trinajstić information content (AvgIpc) is 2.57. The van der Waals surface area contributed by atoms with Crippen LogP contribution in [-0.4, -0.2) is 21.9 Å². The summed E-state index contributed by atoms with van der Waals surface area (Å²) < 4.78 is 14.6. The van der Waals surface area contributed by atoms with Gasteiger partial charge in [0.15, 0.2) is 0 Å². The molecule has 2 aromatic rings. The summed E-state index contributed by atoms with van der Waals surface area (Å²) >= 11 is 7.42. The Labute approximate surface area is 162 Å². The third-order valence-corrected chi connectivity index (χ3v) is 5.54. The second-order valence-electron chi connectivity index (χ2n) is 6.57. The van der Waals surface area contributed by atoms with Gasteiger partial charge < -0.3 is 10.2 Å². The fraction of sp³-hybridized carbons (Fsp3) is 0.350. The van der Waals surface area contributed by atoms with E-state index in [0.717, 1.165) is 28.5 Å². The number of rotatable bonds is 7. The number of carbonyl (C=O) groups is 1. The fourth-order valence-electron chi connectivity index (χ4n) is 2.81. The van der Waals surface area contributed by atoms with Crippen molar-refractivity contribution in [1.29, 1.82) is 0 Å². The van der Waals surface area contributed by atoms with Crippen LogP contribution in [0, 0.1) is 12.7 Å². The lowest BCUT2D eigenvalue weighted by Gasteiger charge is -2.15. The third-order valence-electron chi connectivity index (χ3n) is 4.18. The molecule has 0 spiro atoms. The van der Waals surface area contributed by atoms with Crippen molar-refractivity contribution in [3.8, 4) is 5.75 Å². The second-order valence-corrected chi connectivity index (χ2v) is 7.93. The van der Waals surface area contributed by atoms with E-state index in [4.69, 9.17) is 16.7 Å². The first-order chi connectivity index (χ1) is 12.2. The number of aliphatic carboxylic acids is 1. The lowest BCUT2D eigenvalue weighted by molar-refractivity contribution is -0.133. The molecule has 3 nitrogen and oxygen atoms in total. The Morgan fingerprint density at radius 1 is 1.31 bits per heavy atom. The maximum Gasteiger partial charge on any atom is 0.313 e. The number of carboxylic acid groups (broad SMARTS) is 1. The van der Waals surface area contributed by atoms with Gasteiger partial charge in [-0.05, 0) is 53.1 Å². The zero-order chi connectivity index (χ0) is 19.4. The van der Waals surface area contributed by atoms with Crippen LogP contribution in [0.5, 0.6) is 5.75 Å². The molecule has 0 aliphatic rings. The van der Waals surface area contributed by atoms with Crippen LogP contribution in [0.15, 0.2) is 24.3 Å². The lowest BCUT2D eigenvalue weighted by Crippen LogP contribution is -2.02. The van der Waals surface area contributed by atoms with Gasteiger partial charge in [-0.25, -0.2) is 4.39 Å². The predicted octanol–water partition coefficient (Wildman–Crippen LogP) is 5.53. The fourth-order valence-corrected chi connectivity index (χ4v) is 3.85. The van der Waals surface area contributed by atoms with Crippen molar-refractivity contribution in [3.63, 3.8) is 0 Å². The first-order valence-corrected chi connectivity index (χ1v) is 9.81. The van der Waals surface area contributed by atoms with Crippen LogP contribution in [-0.2, 0) is 17.0 Å². The molecule has 0 unspecified atom stereocenters. The molecule has 0 aromatic heterocycles. The Bertz CT molecular complexity index is 821. The SMILES string of the molecule is Cc1cc(CSCC(=O)O)c(F)c(Cl)c1Cc1ccc(O)c(C(C)C)c1. The molecule has 0 saturated carbocycles. The van der Waals surface area contributed by atoms with Gasteiger partial charge in [-0.3, -0.25) is 4.79 Å². The minimum atomic E-state index is -0.928. The molecule has 2 aromatic carbocycles. The summed E-state index contributed by atoms with van der Waals surface area (Å²) in [5, 5.41) is 18.7. The lowest BCUT2D eigenvalue weighted by atomic mass is 9.94. The number of halogens is 2. The number of hydrogen-bond donors (Lipinski definition) is 2. The number of phenolic OH excluding ortho intramolecular Hbond substituents is 1. The third kappa shape index (κ3) is 4.92. The van der Waals surface area contributed by atoms with Crippen LogP contribution < -0.4 is 0 Å². The molecule has 0 atom stereocenters. The monoisotopic (exact) mass is 396 g/mol. The summed E-state index contributed by atoms with van der Waals surface area (Å²) in [5.41, 5.74) is 3.77. The number of aromatic hydroxyl groups is 1. The van der Waals surface area contributed by atoms with Crippen molar-refractivity contribution in [2.24, 2.45) is 0 Å². The molecule has 2 rings (SSSR count). The average molecular weight is 397 g/mol. The molecule has 0 saturated heterocycles. The van der Waals surface area contributed by atoms with E-state index in [-0.39, 0.29) is 28.2 Å². The number of phenols is 1. The van der Waals surface area contributed by atoms with Gasteiger partial charge in [-0.15, -0.1) is 11.8 Å². The second kappa shape index (κ2) is 8.78. The first-order valence-electron chi connectivity index (χ1n) is 8.28. The van der Waals surface area contributed by atoms with E-state index < -0.39 is 11.8 Å². The van der Waals surface area contributed by atoms with Crippen molar-refractivity contribution >= 4 is 29.3 Å². The molecular weight excluding hydrogens is 375 g/mol. The molecule has 2 N–H and O–H groups in total. The molecule has 0 fully saturated rings. The van der Waals surface area contributed by atoms with Crippen LogP contribution in [0.2, 0.25) is 5.02 Å². The molecule has 0 aliphatic heterocycles. The van der Waals surface area contributed by atoms with Crippen molar-refractivity contribution in [2.75, 3.05) is 5.75 Å². The van der Waals surface area contributed by atoms with Crippen molar-refractivity contribution in [3.05, 3.63) is 62.9 Å². The van der Waals surface area contributed by atoms with Crippen LogP contribution in [0.25, 0.3) is 0 Å². The Balaban J connectivity index is 2.29. The summed E-state index contributed by atoms with van der Waals surface area (Å²) in [6, 6.07) is 7.12. The highest BCUT2D eigenvalue weighted by molar-refractivity contribution is 7.99. The molecule has 0 heterocycles. The standard InChI is InChI=1S/C20H22ClFO3S/c1-11(2)15-7-13(4-5-17(15)23)8-16-12(3)6-14(20(22)19(16)21)9-26-10-18(24)25/h4-7,11,23H,8-10H2,1-3H3,(H,24,25). The summed E-state index contributed by atoms with van der Waals surface area (Å²) in [6.45, 7) is 5.87. The summed E-state index contributed by atoms with van der Waals surface area (Å²) in [4.78, 5) is 10.6. The van der Waals surface area contributed by atoms with E-state index in [2.05, 4.69) is 0 Å². The smallest absolute Gasteiger partial charge is 0.313 e. The Morgan fingerprint density at radius 2 is 2.00 bits per heavy atom. The molecule has 0 radical (unpaired) electrons.